The average molecular weight is 646 g/mol. The van der Waals surface area contributed by atoms with Gasteiger partial charge in [0, 0.05) is 17.9 Å². The van der Waals surface area contributed by atoms with Crippen LogP contribution in [0.15, 0.2) is 126 Å². The number of methoxy groups -OCH3 is 1. The van der Waals surface area contributed by atoms with Gasteiger partial charge in [0.05, 0.1) is 23.3 Å². The third kappa shape index (κ3) is 6.60. The molecule has 47 heavy (non-hydrogen) atoms. The topological polar surface area (TPSA) is 78.9 Å². The van der Waals surface area contributed by atoms with Crippen molar-refractivity contribution in [3.63, 3.8) is 0 Å². The summed E-state index contributed by atoms with van der Waals surface area (Å²) in [4.78, 5) is 18.7. The highest BCUT2D eigenvalue weighted by Crippen LogP contribution is 2.43. The van der Waals surface area contributed by atoms with Gasteiger partial charge in [-0.05, 0) is 83.6 Å². The number of fused-ring (bicyclic) bond motifs is 1. The molecule has 240 valence electrons. The monoisotopic (exact) mass is 645 g/mol. The molecule has 0 spiro atoms. The van der Waals surface area contributed by atoms with E-state index in [-0.39, 0.29) is 16.2 Å². The van der Waals surface area contributed by atoms with Crippen LogP contribution in [-0.2, 0) is 22.0 Å². The van der Waals surface area contributed by atoms with E-state index in [4.69, 9.17) is 4.74 Å². The zero-order chi connectivity index (χ0) is 33.3. The highest BCUT2D eigenvalue weighted by atomic mass is 32.2. The Bertz CT molecular complexity index is 1990. The zero-order valence-electron chi connectivity index (χ0n) is 27.3. The molecule has 0 radical (unpaired) electrons. The van der Waals surface area contributed by atoms with E-state index < -0.39 is 16.2 Å². The maximum Gasteiger partial charge on any atom is 0.262 e. The van der Waals surface area contributed by atoms with Crippen molar-refractivity contribution in [2.45, 2.75) is 50.7 Å². The molecular formula is C39H39N3O4S. The van der Waals surface area contributed by atoms with Crippen molar-refractivity contribution in [2.24, 2.45) is 0 Å². The lowest BCUT2D eigenvalue weighted by Gasteiger charge is -2.46. The highest BCUT2D eigenvalue weighted by molar-refractivity contribution is 7.92. The second-order valence-corrected chi connectivity index (χ2v) is 14.6. The number of carbonyl (C=O) groups is 1. The summed E-state index contributed by atoms with van der Waals surface area (Å²) >= 11 is 0. The third-order valence-corrected chi connectivity index (χ3v) is 9.88. The molecule has 0 saturated carbocycles. The molecule has 0 aromatic heterocycles. The fourth-order valence-electron chi connectivity index (χ4n) is 5.89. The number of ether oxygens (including phenoxy) is 1. The number of benzene rings is 5. The number of sulfonamides is 1. The second-order valence-electron chi connectivity index (χ2n) is 12.9. The van der Waals surface area contributed by atoms with E-state index in [1.54, 1.807) is 48.4 Å². The van der Waals surface area contributed by atoms with Crippen LogP contribution in [0.3, 0.4) is 0 Å². The van der Waals surface area contributed by atoms with Crippen molar-refractivity contribution >= 4 is 33.0 Å². The number of hydrogen-bond acceptors (Lipinski definition) is 5. The molecule has 0 bridgehead atoms. The smallest absolute Gasteiger partial charge is 0.262 e. The largest absolute Gasteiger partial charge is 0.497 e. The van der Waals surface area contributed by atoms with Crippen molar-refractivity contribution < 1.29 is 17.9 Å². The van der Waals surface area contributed by atoms with Crippen molar-refractivity contribution in [3.05, 3.63) is 149 Å². The second kappa shape index (κ2) is 12.6. The maximum atomic E-state index is 14.7. The molecule has 7 nitrogen and oxygen atoms in total. The van der Waals surface area contributed by atoms with Crippen molar-refractivity contribution in [3.8, 4) is 5.75 Å². The normalized spacial score (nSPS) is 14.9. The van der Waals surface area contributed by atoms with Crippen molar-refractivity contribution in [1.29, 1.82) is 0 Å². The first kappa shape index (κ1) is 31.9. The lowest BCUT2D eigenvalue weighted by atomic mass is 9.86. The van der Waals surface area contributed by atoms with E-state index in [1.807, 2.05) is 49.4 Å². The van der Waals surface area contributed by atoms with Crippen LogP contribution in [0.4, 0.5) is 17.1 Å². The first-order valence-corrected chi connectivity index (χ1v) is 17.0. The van der Waals surface area contributed by atoms with Crippen LogP contribution in [-0.4, -0.2) is 21.4 Å². The Morgan fingerprint density at radius 3 is 2.09 bits per heavy atom. The summed E-state index contributed by atoms with van der Waals surface area (Å²) in [5.41, 5.74) is 6.33. The van der Waals surface area contributed by atoms with Gasteiger partial charge in [0.25, 0.3) is 15.9 Å². The number of carbonyl (C=O) groups excluding carboxylic acids is 1. The number of nitrogens with zero attached hydrogens (tertiary/aromatic N) is 2. The molecule has 1 aliphatic rings. The van der Waals surface area contributed by atoms with Crippen molar-refractivity contribution in [1.82, 2.24) is 0 Å². The lowest BCUT2D eigenvalue weighted by molar-refractivity contribution is 0.0968. The molecular weight excluding hydrogens is 607 g/mol. The fraction of sp³-hybridized carbons (Fsp3) is 0.205. The van der Waals surface area contributed by atoms with E-state index >= 15 is 0 Å². The van der Waals surface area contributed by atoms with Gasteiger partial charge in [-0.25, -0.2) is 8.42 Å². The van der Waals surface area contributed by atoms with E-state index in [2.05, 4.69) is 66.8 Å². The van der Waals surface area contributed by atoms with Crippen molar-refractivity contribution in [2.75, 3.05) is 21.6 Å². The Balaban J connectivity index is 1.50. The molecule has 5 aromatic rings. The first-order valence-electron chi connectivity index (χ1n) is 15.6. The zero-order valence-corrected chi connectivity index (χ0v) is 28.1. The molecule has 0 aliphatic carbocycles. The molecule has 6 rings (SSSR count). The van der Waals surface area contributed by atoms with Gasteiger partial charge < -0.3 is 9.64 Å². The first-order chi connectivity index (χ1) is 22.4. The van der Waals surface area contributed by atoms with Crippen LogP contribution in [0.25, 0.3) is 0 Å². The Labute approximate surface area is 277 Å². The summed E-state index contributed by atoms with van der Waals surface area (Å²) in [6, 6.07) is 37.8. The Hall–Kier alpha value is -5.08. The van der Waals surface area contributed by atoms with Crippen LogP contribution < -0.4 is 19.3 Å². The van der Waals surface area contributed by atoms with Crippen LogP contribution in [0.1, 0.15) is 59.5 Å². The summed E-state index contributed by atoms with van der Waals surface area (Å²) in [5.74, 6) is 0.337. The summed E-state index contributed by atoms with van der Waals surface area (Å²) in [7, 11) is -2.47. The summed E-state index contributed by atoms with van der Waals surface area (Å²) in [6.07, 6.45) is -0.494. The van der Waals surface area contributed by atoms with Crippen LogP contribution in [0.5, 0.6) is 5.75 Å². The van der Waals surface area contributed by atoms with Gasteiger partial charge in [-0.3, -0.25) is 14.4 Å². The molecule has 5 aromatic carbocycles. The van der Waals surface area contributed by atoms with Gasteiger partial charge in [-0.2, -0.15) is 0 Å². The predicted molar refractivity (Wildman–Crippen MR) is 189 cm³/mol. The van der Waals surface area contributed by atoms with E-state index in [1.165, 1.54) is 11.6 Å². The molecule has 1 amide bonds. The minimum absolute atomic E-state index is 0.00286. The van der Waals surface area contributed by atoms with Gasteiger partial charge in [-0.1, -0.05) is 93.1 Å². The lowest BCUT2D eigenvalue weighted by Crippen LogP contribution is -2.49. The quantitative estimate of drug-likeness (QED) is 0.183. The van der Waals surface area contributed by atoms with Crippen LogP contribution in [0.2, 0.25) is 0 Å². The number of amides is 1. The van der Waals surface area contributed by atoms with Crippen LogP contribution in [0, 0.1) is 6.92 Å². The molecule has 0 unspecified atom stereocenters. The van der Waals surface area contributed by atoms with Gasteiger partial charge in [0.1, 0.15) is 11.9 Å². The maximum absolute atomic E-state index is 14.7. The number of hydrogen-bond donors (Lipinski definition) is 1. The average Bonchev–Trinajstić information content (AvgIpc) is 3.06. The van der Waals surface area contributed by atoms with E-state index in [0.29, 0.717) is 29.2 Å². The number of aryl methyl sites for hydroxylation is 1. The predicted octanol–water partition coefficient (Wildman–Crippen LogP) is 8.47. The summed E-state index contributed by atoms with van der Waals surface area (Å²) in [5, 5.41) is 0. The van der Waals surface area contributed by atoms with E-state index in [0.717, 1.165) is 22.4 Å². The number of nitrogens with one attached hydrogen (secondary N) is 1. The van der Waals surface area contributed by atoms with Crippen LogP contribution >= 0.6 is 0 Å². The molecule has 8 heteroatoms. The highest BCUT2D eigenvalue weighted by Gasteiger charge is 2.40. The minimum Gasteiger partial charge on any atom is -0.497 e. The Morgan fingerprint density at radius 2 is 1.47 bits per heavy atom. The Kier molecular flexibility index (Phi) is 8.55. The molecule has 1 N–H and O–H groups in total. The summed E-state index contributed by atoms with van der Waals surface area (Å²) in [6.45, 7) is 9.04. The van der Waals surface area contributed by atoms with Gasteiger partial charge in [-0.15, -0.1) is 0 Å². The molecule has 1 atom stereocenters. The van der Waals surface area contributed by atoms with Gasteiger partial charge >= 0.3 is 0 Å². The minimum atomic E-state index is -4.02. The molecule has 0 fully saturated rings. The Morgan fingerprint density at radius 1 is 0.809 bits per heavy atom. The fourth-order valence-corrected chi connectivity index (χ4v) is 6.97. The molecule has 0 saturated heterocycles. The SMILES string of the molecule is COc1ccc(NS(=O)(=O)c2ccc3c(c2)C(=O)N(c2ccc(C)cc2)[C@H](c2ccc(C(C)(C)C)cc2)N3Cc2ccccc2)cc1. The number of rotatable bonds is 8. The van der Waals surface area contributed by atoms with E-state index in [9.17, 15) is 13.2 Å². The summed E-state index contributed by atoms with van der Waals surface area (Å²) < 4.78 is 35.1. The van der Waals surface area contributed by atoms with Gasteiger partial charge in [0.15, 0.2) is 0 Å². The molecule has 1 aliphatic heterocycles. The molecule has 1 heterocycles. The third-order valence-electron chi connectivity index (χ3n) is 8.50. The standard InChI is InChI=1S/C39H39N3O4S/c1-27-11-19-32(20-12-27)42-37(29-13-15-30(16-14-29)39(2,3)4)41(26-28-9-7-6-8-10-28)36-24-23-34(25-35(36)38(42)43)47(44,45)40-31-17-21-33(46-5)22-18-31/h6-25,37,40H,26H2,1-5H3/t37-/m1/s1. The number of anilines is 3. The van der Waals surface area contributed by atoms with Gasteiger partial charge in [0.2, 0.25) is 0 Å².